The molecule has 0 aromatic heterocycles. The van der Waals surface area contributed by atoms with E-state index in [-0.39, 0.29) is 23.7 Å². The lowest BCUT2D eigenvalue weighted by atomic mass is 9.40. The number of nitrogens with one attached hydrogen (secondary N) is 2. The van der Waals surface area contributed by atoms with E-state index >= 15 is 0 Å². The van der Waals surface area contributed by atoms with Gasteiger partial charge in [0.05, 0.1) is 10.8 Å². The van der Waals surface area contributed by atoms with E-state index < -0.39 is 10.8 Å². The first-order chi connectivity index (χ1) is 14.1. The molecule has 0 saturated heterocycles. The van der Waals surface area contributed by atoms with Crippen LogP contribution >= 0.6 is 0 Å². The van der Waals surface area contributed by atoms with Gasteiger partial charge in [-0.3, -0.25) is 9.59 Å². The summed E-state index contributed by atoms with van der Waals surface area (Å²) < 4.78 is 0. The Labute approximate surface area is 185 Å². The zero-order chi connectivity index (χ0) is 22.7. The predicted octanol–water partition coefficient (Wildman–Crippen LogP) is 5.42. The fraction of sp³-hybridized carbons (Fsp3) is 0.923. The van der Waals surface area contributed by atoms with Crippen molar-refractivity contribution in [2.75, 3.05) is 13.1 Å². The molecular weight excluding hydrogens is 372 g/mol. The van der Waals surface area contributed by atoms with Gasteiger partial charge in [0.15, 0.2) is 0 Å². The van der Waals surface area contributed by atoms with Crippen LogP contribution in [-0.4, -0.2) is 24.9 Å². The van der Waals surface area contributed by atoms with Crippen molar-refractivity contribution in [2.24, 2.45) is 46.3 Å². The molecule has 2 aliphatic rings. The van der Waals surface area contributed by atoms with Crippen molar-refractivity contribution in [3.8, 4) is 0 Å². The van der Waals surface area contributed by atoms with Crippen molar-refractivity contribution in [2.45, 2.75) is 93.9 Å². The third-order valence-electron chi connectivity index (χ3n) is 8.44. The van der Waals surface area contributed by atoms with Crippen LogP contribution in [0.4, 0.5) is 0 Å². The highest BCUT2D eigenvalue weighted by Crippen LogP contribution is 2.65. The Balaban J connectivity index is 2.87. The molecule has 2 fully saturated rings. The average molecular weight is 421 g/mol. The van der Waals surface area contributed by atoms with Gasteiger partial charge in [-0.05, 0) is 75.0 Å². The van der Waals surface area contributed by atoms with Gasteiger partial charge >= 0.3 is 0 Å². The summed E-state index contributed by atoms with van der Waals surface area (Å²) in [6, 6.07) is 0. The second-order valence-electron chi connectivity index (χ2n) is 11.1. The smallest absolute Gasteiger partial charge is 0.227 e. The second-order valence-corrected chi connectivity index (χ2v) is 11.1. The molecule has 2 saturated carbocycles. The molecule has 6 atom stereocenters. The number of hydrogen-bond donors (Lipinski definition) is 2. The van der Waals surface area contributed by atoms with Crippen LogP contribution in [0.5, 0.6) is 0 Å². The number of rotatable bonds is 7. The summed E-state index contributed by atoms with van der Waals surface area (Å²) in [7, 11) is 0. The van der Waals surface area contributed by atoms with Gasteiger partial charge < -0.3 is 10.6 Å². The molecule has 4 heteroatoms. The molecule has 2 N–H and O–H groups in total. The molecule has 174 valence electrons. The van der Waals surface area contributed by atoms with Crippen LogP contribution in [-0.2, 0) is 9.59 Å². The summed E-state index contributed by atoms with van der Waals surface area (Å²) in [5.41, 5.74) is -1.28. The van der Waals surface area contributed by atoms with E-state index in [4.69, 9.17) is 0 Å². The van der Waals surface area contributed by atoms with E-state index in [2.05, 4.69) is 52.2 Å². The maximum absolute atomic E-state index is 14.2. The van der Waals surface area contributed by atoms with E-state index in [0.717, 1.165) is 38.5 Å². The molecule has 2 amide bonds. The monoisotopic (exact) mass is 420 g/mol. The van der Waals surface area contributed by atoms with Crippen LogP contribution < -0.4 is 10.6 Å². The summed E-state index contributed by atoms with van der Waals surface area (Å²) in [6.45, 7) is 18.9. The third kappa shape index (κ3) is 4.17. The topological polar surface area (TPSA) is 58.2 Å². The Morgan fingerprint density at radius 1 is 0.733 bits per heavy atom. The zero-order valence-electron chi connectivity index (χ0n) is 20.9. The minimum atomic E-state index is -0.641. The highest BCUT2D eigenvalue weighted by molar-refractivity contribution is 5.94. The van der Waals surface area contributed by atoms with Gasteiger partial charge in [-0.1, -0.05) is 54.4 Å². The van der Waals surface area contributed by atoms with E-state index in [1.807, 2.05) is 13.8 Å². The second kappa shape index (κ2) is 10.0. The van der Waals surface area contributed by atoms with Gasteiger partial charge in [0.1, 0.15) is 0 Å². The van der Waals surface area contributed by atoms with Crippen LogP contribution in [0.2, 0.25) is 0 Å². The van der Waals surface area contributed by atoms with Crippen molar-refractivity contribution in [3.05, 3.63) is 0 Å². The van der Waals surface area contributed by atoms with Crippen molar-refractivity contribution in [1.29, 1.82) is 0 Å². The Bertz CT molecular complexity index is 550. The lowest BCUT2D eigenvalue weighted by Gasteiger charge is -2.62. The number of carbonyl (C=O) groups excluding carboxylic acids is 2. The van der Waals surface area contributed by atoms with Crippen LogP contribution in [0.1, 0.15) is 93.9 Å². The fourth-order valence-electron chi connectivity index (χ4n) is 7.42. The molecule has 0 spiro atoms. The van der Waals surface area contributed by atoms with Gasteiger partial charge in [0.2, 0.25) is 11.8 Å². The molecule has 2 rings (SSSR count). The molecule has 0 aromatic rings. The number of carbonyl (C=O) groups is 2. The van der Waals surface area contributed by atoms with Crippen molar-refractivity contribution in [1.82, 2.24) is 10.6 Å². The van der Waals surface area contributed by atoms with Crippen LogP contribution in [0.25, 0.3) is 0 Å². The third-order valence-corrected chi connectivity index (χ3v) is 8.44. The Kier molecular flexibility index (Phi) is 8.43. The van der Waals surface area contributed by atoms with Crippen molar-refractivity contribution >= 4 is 11.8 Å². The molecular formula is C26H48N2O2. The molecule has 30 heavy (non-hydrogen) atoms. The Morgan fingerprint density at radius 2 is 1.07 bits per heavy atom. The Morgan fingerprint density at radius 3 is 1.33 bits per heavy atom. The van der Waals surface area contributed by atoms with Crippen LogP contribution in [0.15, 0.2) is 0 Å². The van der Waals surface area contributed by atoms with Gasteiger partial charge in [-0.15, -0.1) is 0 Å². The number of amides is 2. The standard InChI is InChI=1S/C26H48N2O2/c1-9-27-23(29)25(15-19(7)11-13-21(25)17(3)4)26(24(30)28-10-2)16-20(8)12-14-22(26)18(5)6/h17-22H,9-16H2,1-8H3,(H,27,29)(H,28,30). The normalized spacial score (nSPS) is 37.3. The Hall–Kier alpha value is -1.06. The highest BCUT2D eigenvalue weighted by Gasteiger charge is 2.68. The summed E-state index contributed by atoms with van der Waals surface area (Å²) in [5.74, 6) is 2.40. The summed E-state index contributed by atoms with van der Waals surface area (Å²) >= 11 is 0. The molecule has 0 bridgehead atoms. The van der Waals surface area contributed by atoms with Gasteiger partial charge in [0, 0.05) is 13.1 Å². The summed E-state index contributed by atoms with van der Waals surface area (Å²) in [4.78, 5) is 28.4. The minimum absolute atomic E-state index is 0.140. The lowest BCUT2D eigenvalue weighted by Crippen LogP contribution is -2.68. The highest BCUT2D eigenvalue weighted by atomic mass is 16.2. The molecule has 0 radical (unpaired) electrons. The van der Waals surface area contributed by atoms with E-state index in [1.54, 1.807) is 0 Å². The zero-order valence-corrected chi connectivity index (χ0v) is 20.9. The molecule has 6 unspecified atom stereocenters. The first-order valence-corrected chi connectivity index (χ1v) is 12.6. The lowest BCUT2D eigenvalue weighted by molar-refractivity contribution is -0.188. The first-order valence-electron chi connectivity index (χ1n) is 12.6. The van der Waals surface area contributed by atoms with E-state index in [0.29, 0.717) is 36.8 Å². The number of hydrogen-bond acceptors (Lipinski definition) is 2. The molecule has 0 aliphatic heterocycles. The summed E-state index contributed by atoms with van der Waals surface area (Å²) in [6.07, 6.45) is 6.03. The maximum Gasteiger partial charge on any atom is 0.227 e. The molecule has 2 aliphatic carbocycles. The van der Waals surface area contributed by atoms with E-state index in [1.165, 1.54) is 0 Å². The van der Waals surface area contributed by atoms with Gasteiger partial charge in [-0.25, -0.2) is 0 Å². The maximum atomic E-state index is 14.2. The van der Waals surface area contributed by atoms with Crippen LogP contribution in [0.3, 0.4) is 0 Å². The van der Waals surface area contributed by atoms with E-state index in [9.17, 15) is 9.59 Å². The minimum Gasteiger partial charge on any atom is -0.356 e. The molecule has 4 nitrogen and oxygen atoms in total. The van der Waals surface area contributed by atoms with Crippen molar-refractivity contribution in [3.63, 3.8) is 0 Å². The quantitative estimate of drug-likeness (QED) is 0.578. The van der Waals surface area contributed by atoms with Crippen molar-refractivity contribution < 1.29 is 9.59 Å². The first kappa shape index (κ1) is 25.2. The predicted molar refractivity (Wildman–Crippen MR) is 125 cm³/mol. The molecule has 0 aromatic carbocycles. The van der Waals surface area contributed by atoms with Crippen LogP contribution in [0, 0.1) is 46.3 Å². The molecule has 0 heterocycles. The average Bonchev–Trinajstić information content (AvgIpc) is 2.67. The summed E-state index contributed by atoms with van der Waals surface area (Å²) in [5, 5.41) is 6.47. The largest absolute Gasteiger partial charge is 0.356 e. The van der Waals surface area contributed by atoms with Gasteiger partial charge in [-0.2, -0.15) is 0 Å². The fourth-order valence-corrected chi connectivity index (χ4v) is 7.42. The SMILES string of the molecule is CCNC(=O)C1(C2(C(=O)NCC)CC(C)CCC2C(C)C)CC(C)CCC1C(C)C. The van der Waals surface area contributed by atoms with Gasteiger partial charge in [0.25, 0.3) is 0 Å².